The third-order valence-corrected chi connectivity index (χ3v) is 2.92. The molecule has 6 nitrogen and oxygen atoms in total. The van der Waals surface area contributed by atoms with Crippen molar-refractivity contribution < 1.29 is 9.18 Å². The van der Waals surface area contributed by atoms with Crippen molar-refractivity contribution >= 4 is 17.4 Å². The number of halogens is 1. The molecule has 0 aliphatic carbocycles. The van der Waals surface area contributed by atoms with E-state index in [0.717, 1.165) is 5.56 Å². The first kappa shape index (κ1) is 14.7. The summed E-state index contributed by atoms with van der Waals surface area (Å²) >= 11 is 0. The maximum Gasteiger partial charge on any atom is 0.237 e. The maximum atomic E-state index is 14.1. The van der Waals surface area contributed by atoms with E-state index in [1.54, 1.807) is 18.2 Å². The van der Waals surface area contributed by atoms with E-state index >= 15 is 0 Å². The van der Waals surface area contributed by atoms with E-state index in [9.17, 15) is 9.18 Å². The van der Waals surface area contributed by atoms with Gasteiger partial charge < -0.3 is 16.4 Å². The molecule has 7 heteroatoms. The zero-order chi connectivity index (χ0) is 15.4. The van der Waals surface area contributed by atoms with Crippen LogP contribution in [0.1, 0.15) is 11.3 Å². The Morgan fingerprint density at radius 3 is 2.81 bits per heavy atom. The zero-order valence-corrected chi connectivity index (χ0v) is 11.6. The monoisotopic (exact) mass is 289 g/mol. The lowest BCUT2D eigenvalue weighted by atomic mass is 10.2. The molecule has 0 saturated carbocycles. The number of anilines is 2. The minimum Gasteiger partial charge on any atom is -0.399 e. The highest BCUT2D eigenvalue weighted by Gasteiger charge is 2.18. The lowest BCUT2D eigenvalue weighted by Gasteiger charge is -2.23. The number of amides is 1. The number of nitrogens with zero attached hydrogens (tertiary/aromatic N) is 3. The SMILES string of the molecule is Cc1ncnc(N(CC(N)=O)Cc2cccc(N)c2)c1F. The Hall–Kier alpha value is -2.70. The molecule has 0 aliphatic rings. The first-order chi connectivity index (χ1) is 9.97. The number of hydrogen-bond acceptors (Lipinski definition) is 5. The molecule has 0 bridgehead atoms. The van der Waals surface area contributed by atoms with Gasteiger partial charge in [-0.3, -0.25) is 4.79 Å². The van der Waals surface area contributed by atoms with Gasteiger partial charge in [0.25, 0.3) is 0 Å². The van der Waals surface area contributed by atoms with E-state index in [4.69, 9.17) is 11.5 Å². The average Bonchev–Trinajstić information content (AvgIpc) is 2.41. The van der Waals surface area contributed by atoms with E-state index < -0.39 is 11.7 Å². The number of primary amides is 1. The second kappa shape index (κ2) is 6.17. The van der Waals surface area contributed by atoms with Gasteiger partial charge in [-0.05, 0) is 24.6 Å². The van der Waals surface area contributed by atoms with Gasteiger partial charge in [-0.25, -0.2) is 14.4 Å². The highest BCUT2D eigenvalue weighted by molar-refractivity contribution is 5.79. The van der Waals surface area contributed by atoms with Crippen LogP contribution in [0.2, 0.25) is 0 Å². The second-order valence-corrected chi connectivity index (χ2v) is 4.66. The Morgan fingerprint density at radius 1 is 1.38 bits per heavy atom. The topological polar surface area (TPSA) is 98.1 Å². The smallest absolute Gasteiger partial charge is 0.237 e. The molecule has 1 aromatic carbocycles. The normalized spacial score (nSPS) is 10.4. The molecular formula is C14H16FN5O. The van der Waals surface area contributed by atoms with Gasteiger partial charge in [0.1, 0.15) is 6.33 Å². The summed E-state index contributed by atoms with van der Waals surface area (Å²) in [6.07, 6.45) is 1.25. The molecule has 0 radical (unpaired) electrons. The Morgan fingerprint density at radius 2 is 2.14 bits per heavy atom. The number of nitrogens with two attached hydrogens (primary N) is 2. The molecule has 0 unspecified atom stereocenters. The third kappa shape index (κ3) is 3.65. The van der Waals surface area contributed by atoms with E-state index in [0.29, 0.717) is 5.69 Å². The molecule has 2 rings (SSSR count). The van der Waals surface area contributed by atoms with Crippen LogP contribution in [0.4, 0.5) is 15.9 Å². The van der Waals surface area contributed by atoms with Crippen LogP contribution in [-0.4, -0.2) is 22.4 Å². The van der Waals surface area contributed by atoms with Crippen LogP contribution in [0.15, 0.2) is 30.6 Å². The molecule has 1 aromatic heterocycles. The summed E-state index contributed by atoms with van der Waals surface area (Å²) in [7, 11) is 0. The lowest BCUT2D eigenvalue weighted by Crippen LogP contribution is -2.34. The molecule has 0 atom stereocenters. The molecule has 110 valence electrons. The molecule has 0 saturated heterocycles. The van der Waals surface area contributed by atoms with Gasteiger partial charge in [0.2, 0.25) is 5.91 Å². The number of aromatic nitrogens is 2. The summed E-state index contributed by atoms with van der Waals surface area (Å²) in [5, 5.41) is 0. The number of hydrogen-bond donors (Lipinski definition) is 2. The Bertz CT molecular complexity index is 662. The number of rotatable bonds is 5. The van der Waals surface area contributed by atoms with Crippen molar-refractivity contribution in [1.82, 2.24) is 9.97 Å². The Labute approximate surface area is 121 Å². The standard InChI is InChI=1S/C14H16FN5O/c1-9-13(15)14(19-8-18-9)20(7-12(17)21)6-10-3-2-4-11(16)5-10/h2-5,8H,6-7,16H2,1H3,(H2,17,21). The molecule has 0 aliphatic heterocycles. The van der Waals surface area contributed by atoms with Crippen LogP contribution < -0.4 is 16.4 Å². The van der Waals surface area contributed by atoms with E-state index in [1.165, 1.54) is 18.2 Å². The summed E-state index contributed by atoms with van der Waals surface area (Å²) in [5.74, 6) is -1.10. The van der Waals surface area contributed by atoms with Crippen molar-refractivity contribution in [2.24, 2.45) is 5.73 Å². The quantitative estimate of drug-likeness (QED) is 0.800. The molecule has 2 aromatic rings. The molecule has 0 fully saturated rings. The van der Waals surface area contributed by atoms with Crippen LogP contribution >= 0.6 is 0 Å². The van der Waals surface area contributed by atoms with Crippen LogP contribution in [0, 0.1) is 12.7 Å². The molecule has 4 N–H and O–H groups in total. The van der Waals surface area contributed by atoms with Gasteiger partial charge in [0, 0.05) is 12.2 Å². The van der Waals surface area contributed by atoms with Gasteiger partial charge in [0.15, 0.2) is 11.6 Å². The largest absolute Gasteiger partial charge is 0.399 e. The minimum absolute atomic E-state index is 0.0451. The van der Waals surface area contributed by atoms with Crippen molar-refractivity contribution in [1.29, 1.82) is 0 Å². The molecule has 21 heavy (non-hydrogen) atoms. The molecule has 0 spiro atoms. The predicted molar refractivity (Wildman–Crippen MR) is 77.8 cm³/mol. The molecule has 1 amide bonds. The average molecular weight is 289 g/mol. The lowest BCUT2D eigenvalue weighted by molar-refractivity contribution is -0.116. The van der Waals surface area contributed by atoms with Crippen molar-refractivity contribution in [2.45, 2.75) is 13.5 Å². The van der Waals surface area contributed by atoms with Gasteiger partial charge >= 0.3 is 0 Å². The fraction of sp³-hybridized carbons (Fsp3) is 0.214. The van der Waals surface area contributed by atoms with Crippen LogP contribution in [-0.2, 0) is 11.3 Å². The van der Waals surface area contributed by atoms with E-state index in [1.807, 2.05) is 6.07 Å². The summed E-state index contributed by atoms with van der Waals surface area (Å²) < 4.78 is 14.1. The number of benzene rings is 1. The molecular weight excluding hydrogens is 273 g/mol. The van der Waals surface area contributed by atoms with Crippen LogP contribution in [0.5, 0.6) is 0 Å². The summed E-state index contributed by atoms with van der Waals surface area (Å²) in [4.78, 5) is 20.4. The summed E-state index contributed by atoms with van der Waals surface area (Å²) in [6, 6.07) is 7.11. The fourth-order valence-corrected chi connectivity index (χ4v) is 1.97. The number of nitrogen functional groups attached to an aromatic ring is 1. The number of carbonyl (C=O) groups is 1. The van der Waals surface area contributed by atoms with Crippen molar-refractivity contribution in [3.05, 3.63) is 47.7 Å². The van der Waals surface area contributed by atoms with E-state index in [-0.39, 0.29) is 24.6 Å². The predicted octanol–water partition coefficient (Wildman–Crippen LogP) is 0.998. The van der Waals surface area contributed by atoms with Crippen LogP contribution in [0.25, 0.3) is 0 Å². The van der Waals surface area contributed by atoms with Crippen molar-refractivity contribution in [3.63, 3.8) is 0 Å². The van der Waals surface area contributed by atoms with Gasteiger partial charge in [-0.1, -0.05) is 12.1 Å². The second-order valence-electron chi connectivity index (χ2n) is 4.66. The third-order valence-electron chi connectivity index (χ3n) is 2.92. The van der Waals surface area contributed by atoms with Gasteiger partial charge in [0.05, 0.1) is 12.2 Å². The Kier molecular flexibility index (Phi) is 4.32. The first-order valence-electron chi connectivity index (χ1n) is 6.32. The van der Waals surface area contributed by atoms with Crippen molar-refractivity contribution in [3.8, 4) is 0 Å². The highest BCUT2D eigenvalue weighted by atomic mass is 19.1. The zero-order valence-electron chi connectivity index (χ0n) is 11.6. The van der Waals surface area contributed by atoms with E-state index in [2.05, 4.69) is 9.97 Å². The number of aryl methyl sites for hydroxylation is 1. The fourth-order valence-electron chi connectivity index (χ4n) is 1.97. The highest BCUT2D eigenvalue weighted by Crippen LogP contribution is 2.20. The first-order valence-corrected chi connectivity index (χ1v) is 6.32. The summed E-state index contributed by atoms with van der Waals surface area (Å²) in [6.45, 7) is 1.65. The van der Waals surface area contributed by atoms with Gasteiger partial charge in [-0.15, -0.1) is 0 Å². The maximum absolute atomic E-state index is 14.1. The molecule has 1 heterocycles. The minimum atomic E-state index is -0.574. The van der Waals surface area contributed by atoms with Crippen LogP contribution in [0.3, 0.4) is 0 Å². The van der Waals surface area contributed by atoms with Gasteiger partial charge in [-0.2, -0.15) is 0 Å². The Balaban J connectivity index is 2.34. The van der Waals surface area contributed by atoms with Crippen molar-refractivity contribution in [2.75, 3.05) is 17.2 Å². The number of carbonyl (C=O) groups excluding carboxylic acids is 1. The summed E-state index contributed by atoms with van der Waals surface area (Å²) in [5.41, 5.74) is 12.6.